The van der Waals surface area contributed by atoms with E-state index in [0.717, 1.165) is 6.54 Å². The molecule has 0 heterocycles. The van der Waals surface area contributed by atoms with Crippen molar-refractivity contribution in [2.75, 3.05) is 13.1 Å². The third-order valence-electron chi connectivity index (χ3n) is 3.20. The van der Waals surface area contributed by atoms with Gasteiger partial charge in [0.1, 0.15) is 0 Å². The highest BCUT2D eigenvalue weighted by molar-refractivity contribution is 9.10. The predicted molar refractivity (Wildman–Crippen MR) is 68.1 cm³/mol. The molecule has 0 spiro atoms. The van der Waals surface area contributed by atoms with Crippen LogP contribution in [0.25, 0.3) is 0 Å². The van der Waals surface area contributed by atoms with Crippen molar-refractivity contribution in [1.82, 2.24) is 5.32 Å². The maximum atomic E-state index is 3.47. The Labute approximate surface area is 100 Å². The number of rotatable bonds is 5. The van der Waals surface area contributed by atoms with E-state index in [1.54, 1.807) is 0 Å². The van der Waals surface area contributed by atoms with Gasteiger partial charge in [0.05, 0.1) is 0 Å². The minimum atomic E-state index is 0.573. The third-order valence-corrected chi connectivity index (χ3v) is 3.73. The minimum absolute atomic E-state index is 0.573. The summed E-state index contributed by atoms with van der Waals surface area (Å²) in [6.07, 6.45) is 4.00. The molecule has 2 heteroatoms. The summed E-state index contributed by atoms with van der Waals surface area (Å²) in [6.45, 7) is 4.44. The second kappa shape index (κ2) is 4.67. The van der Waals surface area contributed by atoms with Gasteiger partial charge in [-0.25, -0.2) is 0 Å². The summed E-state index contributed by atoms with van der Waals surface area (Å²) >= 11 is 3.47. The second-order valence-corrected chi connectivity index (χ2v) is 5.50. The summed E-state index contributed by atoms with van der Waals surface area (Å²) in [4.78, 5) is 0. The van der Waals surface area contributed by atoms with Gasteiger partial charge in [0.2, 0.25) is 0 Å². The lowest BCUT2D eigenvalue weighted by Gasteiger charge is -2.15. The molecule has 1 nitrogen and oxygen atoms in total. The molecule has 0 unspecified atom stereocenters. The van der Waals surface area contributed by atoms with Gasteiger partial charge in [-0.3, -0.25) is 0 Å². The van der Waals surface area contributed by atoms with Crippen molar-refractivity contribution in [2.24, 2.45) is 5.41 Å². The van der Waals surface area contributed by atoms with Crippen molar-refractivity contribution in [3.05, 3.63) is 34.3 Å². The Kier molecular flexibility index (Phi) is 3.47. The number of benzene rings is 1. The van der Waals surface area contributed by atoms with E-state index in [-0.39, 0.29) is 0 Å². The summed E-state index contributed by atoms with van der Waals surface area (Å²) in [7, 11) is 0. The maximum Gasteiger partial charge on any atom is 0.0175 e. The van der Waals surface area contributed by atoms with Gasteiger partial charge in [0.15, 0.2) is 0 Å². The number of nitrogens with one attached hydrogen (secondary N) is 1. The van der Waals surface area contributed by atoms with E-state index in [0.29, 0.717) is 5.41 Å². The number of hydrogen-bond acceptors (Lipinski definition) is 1. The van der Waals surface area contributed by atoms with Crippen LogP contribution < -0.4 is 5.32 Å². The molecule has 1 aliphatic carbocycles. The topological polar surface area (TPSA) is 12.0 Å². The van der Waals surface area contributed by atoms with E-state index in [4.69, 9.17) is 0 Å². The van der Waals surface area contributed by atoms with Gasteiger partial charge in [-0.15, -0.1) is 0 Å². The van der Waals surface area contributed by atoms with E-state index < -0.39 is 0 Å². The second-order valence-electron chi connectivity index (χ2n) is 4.58. The van der Waals surface area contributed by atoms with Crippen LogP contribution >= 0.6 is 15.9 Å². The first-order chi connectivity index (χ1) is 7.24. The van der Waals surface area contributed by atoms with Crippen LogP contribution in [-0.2, 0) is 6.42 Å². The normalized spacial score (nSPS) is 17.7. The average Bonchev–Trinajstić information content (AvgIpc) is 3.00. The molecule has 0 amide bonds. The highest BCUT2D eigenvalue weighted by Crippen LogP contribution is 2.47. The van der Waals surface area contributed by atoms with Crippen LogP contribution in [0.1, 0.15) is 25.3 Å². The fourth-order valence-electron chi connectivity index (χ4n) is 2.02. The maximum absolute atomic E-state index is 3.47. The van der Waals surface area contributed by atoms with E-state index in [9.17, 15) is 0 Å². The molecule has 0 radical (unpaired) electrons. The van der Waals surface area contributed by atoms with E-state index in [1.807, 2.05) is 0 Å². The van der Waals surface area contributed by atoms with Gasteiger partial charge in [0.25, 0.3) is 0 Å². The smallest absolute Gasteiger partial charge is 0.0175 e. The molecule has 1 saturated carbocycles. The van der Waals surface area contributed by atoms with Crippen molar-refractivity contribution in [2.45, 2.75) is 26.2 Å². The quantitative estimate of drug-likeness (QED) is 0.863. The molecule has 1 N–H and O–H groups in total. The molecule has 0 bridgehead atoms. The molecule has 1 aromatic rings. The van der Waals surface area contributed by atoms with Crippen molar-refractivity contribution in [3.8, 4) is 0 Å². The highest BCUT2D eigenvalue weighted by atomic mass is 79.9. The van der Waals surface area contributed by atoms with Gasteiger partial charge in [0, 0.05) is 11.0 Å². The van der Waals surface area contributed by atoms with E-state index in [1.165, 1.54) is 35.8 Å². The molecule has 2 rings (SSSR count). The van der Waals surface area contributed by atoms with Crippen molar-refractivity contribution < 1.29 is 0 Å². The van der Waals surface area contributed by atoms with Gasteiger partial charge >= 0.3 is 0 Å². The first kappa shape index (κ1) is 11.2. The van der Waals surface area contributed by atoms with Gasteiger partial charge in [-0.2, -0.15) is 0 Å². The Morgan fingerprint density at radius 2 is 1.93 bits per heavy atom. The zero-order chi connectivity index (χ0) is 10.7. The van der Waals surface area contributed by atoms with Crippen molar-refractivity contribution >= 4 is 15.9 Å². The first-order valence-corrected chi connectivity index (χ1v) is 6.49. The SMILES string of the molecule is CCNCC1(Cc2ccc(Br)cc2)CC1. The largest absolute Gasteiger partial charge is 0.316 e. The fraction of sp³-hybridized carbons (Fsp3) is 0.538. The zero-order valence-electron chi connectivity index (χ0n) is 9.22. The van der Waals surface area contributed by atoms with Crippen LogP contribution in [0.4, 0.5) is 0 Å². The molecular weight excluding hydrogens is 250 g/mol. The molecule has 1 aliphatic rings. The van der Waals surface area contributed by atoms with Crippen LogP contribution in [0.3, 0.4) is 0 Å². The standard InChI is InChI=1S/C13H18BrN/c1-2-15-10-13(7-8-13)9-11-3-5-12(14)6-4-11/h3-6,15H,2,7-10H2,1H3. The van der Waals surface area contributed by atoms with Crippen molar-refractivity contribution in [3.63, 3.8) is 0 Å². The Balaban J connectivity index is 1.93. The molecule has 1 aromatic carbocycles. The molecule has 0 atom stereocenters. The lowest BCUT2D eigenvalue weighted by Crippen LogP contribution is -2.25. The van der Waals surface area contributed by atoms with Gasteiger partial charge < -0.3 is 5.32 Å². The summed E-state index contributed by atoms with van der Waals surface area (Å²) in [6, 6.07) is 8.74. The van der Waals surface area contributed by atoms with Crippen LogP contribution in [0.15, 0.2) is 28.7 Å². The minimum Gasteiger partial charge on any atom is -0.316 e. The predicted octanol–water partition coefficient (Wildman–Crippen LogP) is 3.38. The molecule has 0 aliphatic heterocycles. The first-order valence-electron chi connectivity index (χ1n) is 5.69. The Bertz CT molecular complexity index is 314. The van der Waals surface area contributed by atoms with Crippen LogP contribution in [0.2, 0.25) is 0 Å². The molecular formula is C13H18BrN. The van der Waals surface area contributed by atoms with Crippen LogP contribution in [-0.4, -0.2) is 13.1 Å². The average molecular weight is 268 g/mol. The summed E-state index contributed by atoms with van der Waals surface area (Å²) in [5, 5.41) is 3.47. The van der Waals surface area contributed by atoms with E-state index >= 15 is 0 Å². The summed E-state index contributed by atoms with van der Waals surface area (Å²) in [5.41, 5.74) is 2.04. The van der Waals surface area contributed by atoms with Crippen LogP contribution in [0, 0.1) is 5.41 Å². The molecule has 0 aromatic heterocycles. The van der Waals surface area contributed by atoms with Gasteiger partial charge in [-0.05, 0) is 48.9 Å². The monoisotopic (exact) mass is 267 g/mol. The highest BCUT2D eigenvalue weighted by Gasteiger charge is 2.41. The number of halogens is 1. The van der Waals surface area contributed by atoms with Crippen molar-refractivity contribution in [1.29, 1.82) is 0 Å². The Morgan fingerprint density at radius 1 is 1.27 bits per heavy atom. The summed E-state index contributed by atoms with van der Waals surface area (Å²) in [5.74, 6) is 0. The lowest BCUT2D eigenvalue weighted by atomic mass is 9.96. The number of hydrogen-bond donors (Lipinski definition) is 1. The fourth-order valence-corrected chi connectivity index (χ4v) is 2.28. The van der Waals surface area contributed by atoms with Gasteiger partial charge in [-0.1, -0.05) is 35.0 Å². The summed E-state index contributed by atoms with van der Waals surface area (Å²) < 4.78 is 1.17. The lowest BCUT2D eigenvalue weighted by molar-refractivity contribution is 0.463. The third kappa shape index (κ3) is 3.05. The van der Waals surface area contributed by atoms with E-state index in [2.05, 4.69) is 52.4 Å². The Hall–Kier alpha value is -0.340. The molecule has 0 saturated heterocycles. The van der Waals surface area contributed by atoms with Crippen LogP contribution in [0.5, 0.6) is 0 Å². The molecule has 1 fully saturated rings. The Morgan fingerprint density at radius 3 is 2.47 bits per heavy atom. The molecule has 15 heavy (non-hydrogen) atoms. The molecule has 82 valence electrons. The zero-order valence-corrected chi connectivity index (χ0v) is 10.8.